The Balaban J connectivity index is 2.52. The van der Waals surface area contributed by atoms with Crippen molar-refractivity contribution in [2.75, 3.05) is 12.0 Å². The minimum Gasteiger partial charge on any atom is -0.229 e. The molecule has 2 nitrogen and oxygen atoms in total. The van der Waals surface area contributed by atoms with Gasteiger partial charge >= 0.3 is 0 Å². The molecule has 1 rings (SSSR count). The number of halogens is 1. The molecule has 2 atom stereocenters. The highest BCUT2D eigenvalue weighted by molar-refractivity contribution is 7.90. The summed E-state index contributed by atoms with van der Waals surface area (Å²) in [6, 6.07) is 0. The Hall–Kier alpha value is -0.0200. The highest BCUT2D eigenvalue weighted by atomic mass is 35.5. The first-order valence-corrected chi connectivity index (χ1v) is 7.38. The van der Waals surface area contributed by atoms with Crippen molar-refractivity contribution >= 4 is 21.4 Å². The molecule has 0 bridgehead atoms. The van der Waals surface area contributed by atoms with Crippen molar-refractivity contribution in [3.63, 3.8) is 0 Å². The van der Waals surface area contributed by atoms with Crippen LogP contribution in [0.15, 0.2) is 11.6 Å². The highest BCUT2D eigenvalue weighted by Gasteiger charge is 2.18. The Kier molecular flexibility index (Phi) is 4.02. The van der Waals surface area contributed by atoms with E-state index in [0.717, 1.165) is 12.8 Å². The number of allylic oxidation sites excluding steroid dienone is 2. The summed E-state index contributed by atoms with van der Waals surface area (Å²) in [6.07, 6.45) is 5.94. The first kappa shape index (κ1) is 12.1. The van der Waals surface area contributed by atoms with Crippen LogP contribution in [0.4, 0.5) is 0 Å². The zero-order valence-electron chi connectivity index (χ0n) is 8.66. The molecule has 0 aromatic carbocycles. The fraction of sp³-hybridized carbons (Fsp3) is 0.800. The van der Waals surface area contributed by atoms with Crippen LogP contribution >= 0.6 is 11.6 Å². The lowest BCUT2D eigenvalue weighted by Gasteiger charge is -2.22. The summed E-state index contributed by atoms with van der Waals surface area (Å²) in [5.74, 6) is 0.826. The molecule has 0 saturated heterocycles. The van der Waals surface area contributed by atoms with Crippen molar-refractivity contribution in [2.24, 2.45) is 5.92 Å². The van der Waals surface area contributed by atoms with Gasteiger partial charge in [0.05, 0.1) is 11.1 Å². The summed E-state index contributed by atoms with van der Waals surface area (Å²) in [4.78, 5) is 0. The molecule has 0 radical (unpaired) electrons. The van der Waals surface area contributed by atoms with E-state index in [1.165, 1.54) is 11.8 Å². The van der Waals surface area contributed by atoms with Gasteiger partial charge in [0.2, 0.25) is 0 Å². The molecule has 1 aliphatic carbocycles. The SMILES string of the molecule is CC1CC(CCS(C)(=O)=O)=CC(Cl)C1. The van der Waals surface area contributed by atoms with E-state index < -0.39 is 9.84 Å². The number of alkyl halides is 1. The minimum atomic E-state index is -2.84. The zero-order valence-corrected chi connectivity index (χ0v) is 10.2. The third-order valence-electron chi connectivity index (χ3n) is 2.45. The lowest BCUT2D eigenvalue weighted by Crippen LogP contribution is -2.14. The Morgan fingerprint density at radius 3 is 2.71 bits per heavy atom. The average molecular weight is 237 g/mol. The maximum atomic E-state index is 11.0. The second kappa shape index (κ2) is 4.67. The molecule has 14 heavy (non-hydrogen) atoms. The van der Waals surface area contributed by atoms with E-state index in [2.05, 4.69) is 6.92 Å². The Bertz CT molecular complexity index is 319. The number of rotatable bonds is 3. The van der Waals surface area contributed by atoms with Gasteiger partial charge in [0, 0.05) is 6.26 Å². The molecule has 0 fully saturated rings. The molecule has 0 heterocycles. The Morgan fingerprint density at radius 1 is 1.57 bits per heavy atom. The number of sulfone groups is 1. The fourth-order valence-electron chi connectivity index (χ4n) is 1.81. The van der Waals surface area contributed by atoms with Crippen molar-refractivity contribution in [1.82, 2.24) is 0 Å². The van der Waals surface area contributed by atoms with Gasteiger partial charge in [-0.15, -0.1) is 11.6 Å². The van der Waals surface area contributed by atoms with Gasteiger partial charge in [-0.25, -0.2) is 8.42 Å². The van der Waals surface area contributed by atoms with Gasteiger partial charge in [0.1, 0.15) is 9.84 Å². The van der Waals surface area contributed by atoms with Crippen LogP contribution in [-0.2, 0) is 9.84 Å². The summed E-state index contributed by atoms with van der Waals surface area (Å²) in [5, 5.41) is 0.0910. The van der Waals surface area contributed by atoms with E-state index in [4.69, 9.17) is 11.6 Å². The van der Waals surface area contributed by atoms with Gasteiger partial charge in [-0.3, -0.25) is 0 Å². The Labute approximate surface area is 91.3 Å². The van der Waals surface area contributed by atoms with E-state index in [1.54, 1.807) is 0 Å². The molecular weight excluding hydrogens is 220 g/mol. The van der Waals surface area contributed by atoms with Crippen molar-refractivity contribution < 1.29 is 8.42 Å². The van der Waals surface area contributed by atoms with Crippen molar-refractivity contribution in [3.05, 3.63) is 11.6 Å². The second-order valence-corrected chi connectivity index (χ2v) is 7.09. The molecule has 1 aliphatic rings. The molecule has 0 aromatic rings. The molecule has 0 spiro atoms. The predicted octanol–water partition coefficient (Wildman–Crippen LogP) is 2.38. The van der Waals surface area contributed by atoms with Crippen LogP contribution in [0.3, 0.4) is 0 Å². The van der Waals surface area contributed by atoms with Gasteiger partial charge in [0.15, 0.2) is 0 Å². The van der Waals surface area contributed by atoms with Gasteiger partial charge in [0.25, 0.3) is 0 Å². The van der Waals surface area contributed by atoms with E-state index in [-0.39, 0.29) is 11.1 Å². The maximum Gasteiger partial charge on any atom is 0.147 e. The zero-order chi connectivity index (χ0) is 10.8. The van der Waals surface area contributed by atoms with E-state index in [0.29, 0.717) is 12.3 Å². The normalized spacial score (nSPS) is 28.6. The first-order chi connectivity index (χ1) is 6.37. The molecule has 0 aromatic heterocycles. The van der Waals surface area contributed by atoms with Gasteiger partial charge in [-0.05, 0) is 25.2 Å². The molecule has 82 valence electrons. The smallest absolute Gasteiger partial charge is 0.147 e. The monoisotopic (exact) mass is 236 g/mol. The summed E-state index contributed by atoms with van der Waals surface area (Å²) >= 11 is 6.03. The van der Waals surface area contributed by atoms with E-state index in [1.807, 2.05) is 6.08 Å². The summed E-state index contributed by atoms with van der Waals surface area (Å²) in [6.45, 7) is 2.16. The van der Waals surface area contributed by atoms with Crippen LogP contribution in [0.5, 0.6) is 0 Å². The van der Waals surface area contributed by atoms with E-state index in [9.17, 15) is 8.42 Å². The minimum absolute atomic E-state index is 0.0910. The average Bonchev–Trinajstić information content (AvgIpc) is 1.97. The lowest BCUT2D eigenvalue weighted by molar-refractivity contribution is 0.505. The van der Waals surface area contributed by atoms with Crippen LogP contribution in [0.1, 0.15) is 26.2 Å². The highest BCUT2D eigenvalue weighted by Crippen LogP contribution is 2.28. The van der Waals surface area contributed by atoms with Gasteiger partial charge < -0.3 is 0 Å². The fourth-order valence-corrected chi connectivity index (χ4v) is 2.92. The van der Waals surface area contributed by atoms with Gasteiger partial charge in [-0.2, -0.15) is 0 Å². The summed E-state index contributed by atoms with van der Waals surface area (Å²) in [5.41, 5.74) is 1.20. The third-order valence-corrected chi connectivity index (χ3v) is 3.70. The van der Waals surface area contributed by atoms with Crippen LogP contribution in [0.25, 0.3) is 0 Å². The van der Waals surface area contributed by atoms with Crippen LogP contribution in [0, 0.1) is 5.92 Å². The number of hydrogen-bond donors (Lipinski definition) is 0. The quantitative estimate of drug-likeness (QED) is 0.557. The molecule has 0 amide bonds. The standard InChI is InChI=1S/C10H17ClO2S/c1-8-5-9(7-10(11)6-8)3-4-14(2,12)13/h7-8,10H,3-6H2,1-2H3. The molecule has 4 heteroatoms. The topological polar surface area (TPSA) is 34.1 Å². The van der Waals surface area contributed by atoms with Crippen molar-refractivity contribution in [1.29, 1.82) is 0 Å². The first-order valence-electron chi connectivity index (χ1n) is 4.88. The molecule has 0 aliphatic heterocycles. The third kappa shape index (κ3) is 4.47. The Morgan fingerprint density at radius 2 is 2.21 bits per heavy atom. The van der Waals surface area contributed by atoms with Crippen LogP contribution in [-0.4, -0.2) is 25.8 Å². The maximum absolute atomic E-state index is 11.0. The second-order valence-electron chi connectivity index (χ2n) is 4.27. The largest absolute Gasteiger partial charge is 0.229 e. The van der Waals surface area contributed by atoms with E-state index >= 15 is 0 Å². The lowest BCUT2D eigenvalue weighted by atomic mass is 9.89. The molecule has 0 N–H and O–H groups in total. The predicted molar refractivity (Wildman–Crippen MR) is 60.4 cm³/mol. The van der Waals surface area contributed by atoms with Crippen molar-refractivity contribution in [2.45, 2.75) is 31.6 Å². The molecule has 0 saturated carbocycles. The summed E-state index contributed by atoms with van der Waals surface area (Å²) in [7, 11) is -2.84. The van der Waals surface area contributed by atoms with Crippen molar-refractivity contribution in [3.8, 4) is 0 Å². The van der Waals surface area contributed by atoms with Crippen LogP contribution < -0.4 is 0 Å². The van der Waals surface area contributed by atoms with Crippen LogP contribution in [0.2, 0.25) is 0 Å². The molecular formula is C10H17ClO2S. The molecule has 2 unspecified atom stereocenters. The number of hydrogen-bond acceptors (Lipinski definition) is 2. The summed E-state index contributed by atoms with van der Waals surface area (Å²) < 4.78 is 22.0. The van der Waals surface area contributed by atoms with Gasteiger partial charge in [-0.1, -0.05) is 18.6 Å².